The zero-order chi connectivity index (χ0) is 13.5. The third-order valence-electron chi connectivity index (χ3n) is 2.25. The molecule has 0 aliphatic rings. The van der Waals surface area contributed by atoms with Gasteiger partial charge in [-0.15, -0.1) is 0 Å². The van der Waals surface area contributed by atoms with Gasteiger partial charge in [0.2, 0.25) is 0 Å². The monoisotopic (exact) mass is 250 g/mol. The molecular weight excluding hydrogens is 236 g/mol. The van der Waals surface area contributed by atoms with E-state index in [0.29, 0.717) is 18.7 Å². The molecule has 0 spiro atoms. The van der Waals surface area contributed by atoms with E-state index in [1.54, 1.807) is 19.1 Å². The number of nitrogens with zero attached hydrogens (tertiary/aromatic N) is 1. The zero-order valence-corrected chi connectivity index (χ0v) is 9.92. The number of aliphatic carboxylic acids is 1. The van der Waals surface area contributed by atoms with Gasteiger partial charge in [0.1, 0.15) is 0 Å². The van der Waals surface area contributed by atoms with Crippen LogP contribution in [-0.2, 0) is 11.3 Å². The van der Waals surface area contributed by atoms with Crippen LogP contribution in [0.4, 0.5) is 5.69 Å². The Hall–Kier alpha value is -2.21. The fourth-order valence-electron chi connectivity index (χ4n) is 1.40. The number of carboxylic acids is 1. The van der Waals surface area contributed by atoms with Gasteiger partial charge in [-0.05, 0) is 12.5 Å². The molecule has 0 heterocycles. The molecule has 18 heavy (non-hydrogen) atoms. The standard InChI is InChI=1S/C12H14N2O4/c1-9(6-12(15)16)7-13-8-10-2-4-11(5-3-10)14(17)18/h2-6,13H,7-8H2,1H3,(H,15,16)/b9-6-. The molecule has 2 N–H and O–H groups in total. The molecule has 0 saturated carbocycles. The van der Waals surface area contributed by atoms with Gasteiger partial charge in [0.25, 0.3) is 5.69 Å². The molecule has 0 aliphatic carbocycles. The number of benzene rings is 1. The normalized spacial score (nSPS) is 11.3. The highest BCUT2D eigenvalue weighted by Gasteiger charge is 2.03. The summed E-state index contributed by atoms with van der Waals surface area (Å²) in [6, 6.07) is 6.22. The van der Waals surface area contributed by atoms with Crippen molar-refractivity contribution >= 4 is 11.7 Å². The molecule has 0 radical (unpaired) electrons. The van der Waals surface area contributed by atoms with Gasteiger partial charge in [-0.2, -0.15) is 0 Å². The van der Waals surface area contributed by atoms with E-state index in [-0.39, 0.29) is 5.69 Å². The third kappa shape index (κ3) is 4.75. The largest absolute Gasteiger partial charge is 0.478 e. The lowest BCUT2D eigenvalue weighted by molar-refractivity contribution is -0.384. The van der Waals surface area contributed by atoms with Gasteiger partial charge in [-0.25, -0.2) is 4.79 Å². The molecule has 0 aromatic heterocycles. The molecule has 0 bridgehead atoms. The van der Waals surface area contributed by atoms with Crippen molar-refractivity contribution in [3.05, 3.63) is 51.6 Å². The van der Waals surface area contributed by atoms with Crippen LogP contribution in [0.3, 0.4) is 0 Å². The Labute approximate surface area is 104 Å². The number of nitrogens with one attached hydrogen (secondary N) is 1. The van der Waals surface area contributed by atoms with Gasteiger partial charge in [-0.1, -0.05) is 17.7 Å². The minimum atomic E-state index is -0.968. The lowest BCUT2D eigenvalue weighted by Crippen LogP contribution is -2.16. The minimum absolute atomic E-state index is 0.0562. The van der Waals surface area contributed by atoms with Crippen molar-refractivity contribution in [1.82, 2.24) is 5.32 Å². The first-order chi connectivity index (χ1) is 8.49. The molecular formula is C12H14N2O4. The van der Waals surface area contributed by atoms with E-state index in [9.17, 15) is 14.9 Å². The number of nitro groups is 1. The van der Waals surface area contributed by atoms with E-state index in [0.717, 1.165) is 11.6 Å². The Balaban J connectivity index is 2.45. The van der Waals surface area contributed by atoms with Gasteiger partial charge < -0.3 is 10.4 Å². The van der Waals surface area contributed by atoms with Crippen LogP contribution in [0, 0.1) is 10.1 Å². The highest BCUT2D eigenvalue weighted by atomic mass is 16.6. The fraction of sp³-hybridized carbons (Fsp3) is 0.250. The molecule has 0 fully saturated rings. The first-order valence-corrected chi connectivity index (χ1v) is 5.33. The molecule has 0 atom stereocenters. The Bertz CT molecular complexity index is 465. The van der Waals surface area contributed by atoms with Gasteiger partial charge in [-0.3, -0.25) is 10.1 Å². The van der Waals surface area contributed by atoms with E-state index < -0.39 is 10.9 Å². The summed E-state index contributed by atoms with van der Waals surface area (Å²) in [7, 11) is 0. The quantitative estimate of drug-likeness (QED) is 0.455. The van der Waals surface area contributed by atoms with Crippen LogP contribution in [0.1, 0.15) is 12.5 Å². The zero-order valence-electron chi connectivity index (χ0n) is 9.92. The number of non-ortho nitro benzene ring substituents is 1. The van der Waals surface area contributed by atoms with Crippen molar-refractivity contribution in [3.63, 3.8) is 0 Å². The molecule has 0 saturated heterocycles. The molecule has 1 rings (SSSR count). The SMILES string of the molecule is C/C(=C/C(=O)O)CNCc1ccc([N+](=O)[O-])cc1. The average molecular weight is 250 g/mol. The maximum absolute atomic E-state index is 10.4. The van der Waals surface area contributed by atoms with Crippen LogP contribution < -0.4 is 5.32 Å². The second-order valence-electron chi connectivity index (χ2n) is 3.86. The van der Waals surface area contributed by atoms with E-state index >= 15 is 0 Å². The number of carboxylic acid groups (broad SMARTS) is 1. The molecule has 0 amide bonds. The molecule has 6 heteroatoms. The summed E-state index contributed by atoms with van der Waals surface area (Å²) >= 11 is 0. The number of hydrogen-bond donors (Lipinski definition) is 2. The Morgan fingerprint density at radius 3 is 2.56 bits per heavy atom. The highest BCUT2D eigenvalue weighted by molar-refractivity contribution is 5.80. The van der Waals surface area contributed by atoms with Crippen molar-refractivity contribution in [1.29, 1.82) is 0 Å². The van der Waals surface area contributed by atoms with Crippen molar-refractivity contribution in [2.24, 2.45) is 0 Å². The predicted octanol–water partition coefficient (Wildman–Crippen LogP) is 1.72. The molecule has 96 valence electrons. The smallest absolute Gasteiger partial charge is 0.328 e. The first kappa shape index (κ1) is 13.9. The van der Waals surface area contributed by atoms with Gasteiger partial charge >= 0.3 is 5.97 Å². The van der Waals surface area contributed by atoms with Crippen LogP contribution >= 0.6 is 0 Å². The first-order valence-electron chi connectivity index (χ1n) is 5.33. The number of hydrogen-bond acceptors (Lipinski definition) is 4. The second-order valence-corrected chi connectivity index (χ2v) is 3.86. The van der Waals surface area contributed by atoms with Crippen LogP contribution in [0.15, 0.2) is 35.9 Å². The van der Waals surface area contributed by atoms with Gasteiger partial charge in [0.15, 0.2) is 0 Å². The van der Waals surface area contributed by atoms with E-state index in [4.69, 9.17) is 5.11 Å². The summed E-state index contributed by atoms with van der Waals surface area (Å²) in [4.78, 5) is 20.4. The highest BCUT2D eigenvalue weighted by Crippen LogP contribution is 2.11. The second kappa shape index (κ2) is 6.51. The summed E-state index contributed by atoms with van der Waals surface area (Å²) in [5, 5.41) is 22.0. The number of nitro benzene ring substituents is 1. The number of carbonyl (C=O) groups is 1. The summed E-state index contributed by atoms with van der Waals surface area (Å²) in [5.41, 5.74) is 1.67. The van der Waals surface area contributed by atoms with Crippen LogP contribution in [0.5, 0.6) is 0 Å². The molecule has 6 nitrogen and oxygen atoms in total. The topological polar surface area (TPSA) is 92.5 Å². The predicted molar refractivity (Wildman–Crippen MR) is 66.2 cm³/mol. The van der Waals surface area contributed by atoms with Crippen molar-refractivity contribution in [2.75, 3.05) is 6.54 Å². The Kier molecular flexibility index (Phi) is 5.01. The fourth-order valence-corrected chi connectivity index (χ4v) is 1.40. The van der Waals surface area contributed by atoms with Crippen molar-refractivity contribution in [2.45, 2.75) is 13.5 Å². The molecule has 0 unspecified atom stereocenters. The lowest BCUT2D eigenvalue weighted by atomic mass is 10.2. The summed E-state index contributed by atoms with van der Waals surface area (Å²) in [6.07, 6.45) is 1.14. The van der Waals surface area contributed by atoms with E-state index in [1.165, 1.54) is 12.1 Å². The third-order valence-corrected chi connectivity index (χ3v) is 2.25. The van der Waals surface area contributed by atoms with E-state index in [1.807, 2.05) is 0 Å². The maximum atomic E-state index is 10.4. The molecule has 1 aromatic rings. The van der Waals surface area contributed by atoms with Crippen LogP contribution in [0.2, 0.25) is 0 Å². The minimum Gasteiger partial charge on any atom is -0.478 e. The summed E-state index contributed by atoms with van der Waals surface area (Å²) in [5.74, 6) is -0.968. The molecule has 1 aromatic carbocycles. The lowest BCUT2D eigenvalue weighted by Gasteiger charge is -2.04. The Morgan fingerprint density at radius 2 is 2.06 bits per heavy atom. The average Bonchev–Trinajstić information content (AvgIpc) is 2.28. The summed E-state index contributed by atoms with van der Waals surface area (Å²) in [6.45, 7) is 2.71. The van der Waals surface area contributed by atoms with Gasteiger partial charge in [0.05, 0.1) is 4.92 Å². The summed E-state index contributed by atoms with van der Waals surface area (Å²) < 4.78 is 0. The molecule has 0 aliphatic heterocycles. The maximum Gasteiger partial charge on any atom is 0.328 e. The van der Waals surface area contributed by atoms with E-state index in [2.05, 4.69) is 5.32 Å². The number of rotatable bonds is 6. The van der Waals surface area contributed by atoms with Gasteiger partial charge in [0, 0.05) is 31.3 Å². The Morgan fingerprint density at radius 1 is 1.44 bits per heavy atom. The van der Waals surface area contributed by atoms with Crippen LogP contribution in [0.25, 0.3) is 0 Å². The van der Waals surface area contributed by atoms with Crippen LogP contribution in [-0.4, -0.2) is 22.5 Å². The van der Waals surface area contributed by atoms with Crippen molar-refractivity contribution in [3.8, 4) is 0 Å². The van der Waals surface area contributed by atoms with Crippen molar-refractivity contribution < 1.29 is 14.8 Å².